The molecular formula is C22H22N4. The van der Waals surface area contributed by atoms with E-state index in [1.807, 2.05) is 20.8 Å². The highest BCUT2D eigenvalue weighted by atomic mass is 14.7. The molecule has 0 unspecified atom stereocenters. The molecule has 1 fully saturated rings. The zero-order chi connectivity index (χ0) is 19.1. The zero-order valence-electron chi connectivity index (χ0n) is 15.4. The smallest absolute Gasteiger partial charge is 0.189 e. The third-order valence-corrected chi connectivity index (χ3v) is 5.97. The number of rotatable bonds is 1. The van der Waals surface area contributed by atoms with E-state index in [2.05, 4.69) is 36.4 Å². The average Bonchev–Trinajstić information content (AvgIpc) is 2.61. The number of hydrogen-bond donors (Lipinski definition) is 1. The quantitative estimate of drug-likeness (QED) is 0.754. The third-order valence-electron chi connectivity index (χ3n) is 5.97. The molecule has 0 saturated heterocycles. The molecule has 130 valence electrons. The van der Waals surface area contributed by atoms with Gasteiger partial charge in [-0.05, 0) is 68.2 Å². The summed E-state index contributed by atoms with van der Waals surface area (Å²) in [6.45, 7) is 6.06. The zero-order valence-corrected chi connectivity index (χ0v) is 15.4. The second-order valence-corrected chi connectivity index (χ2v) is 7.54. The van der Waals surface area contributed by atoms with Gasteiger partial charge in [-0.25, -0.2) is 0 Å². The minimum absolute atomic E-state index is 0.0399. The van der Waals surface area contributed by atoms with E-state index in [1.165, 1.54) is 0 Å². The second-order valence-electron chi connectivity index (χ2n) is 7.54. The van der Waals surface area contributed by atoms with Gasteiger partial charge >= 0.3 is 0 Å². The van der Waals surface area contributed by atoms with Crippen molar-refractivity contribution in [3.05, 3.63) is 46.0 Å². The van der Waals surface area contributed by atoms with Crippen LogP contribution in [0.25, 0.3) is 0 Å². The summed E-state index contributed by atoms with van der Waals surface area (Å²) in [6.07, 6.45) is 4.79. The van der Waals surface area contributed by atoms with Gasteiger partial charge < -0.3 is 5.41 Å². The van der Waals surface area contributed by atoms with Gasteiger partial charge in [0.05, 0.1) is 23.9 Å². The molecule has 0 aliphatic heterocycles. The topological polar surface area (TPSA) is 95.2 Å². The maximum atomic E-state index is 10.0. The van der Waals surface area contributed by atoms with Crippen LogP contribution in [0.3, 0.4) is 0 Å². The van der Waals surface area contributed by atoms with Crippen molar-refractivity contribution in [2.45, 2.75) is 46.0 Å². The molecule has 3 atom stereocenters. The number of nitriles is 3. The molecule has 1 aromatic carbocycles. The van der Waals surface area contributed by atoms with Crippen molar-refractivity contribution in [3.8, 4) is 18.2 Å². The molecule has 3 rings (SSSR count). The molecule has 0 radical (unpaired) electrons. The molecule has 0 amide bonds. The molecule has 2 aliphatic rings. The van der Waals surface area contributed by atoms with Gasteiger partial charge in [0, 0.05) is 5.92 Å². The van der Waals surface area contributed by atoms with Crippen LogP contribution in [0.5, 0.6) is 0 Å². The van der Waals surface area contributed by atoms with E-state index in [9.17, 15) is 15.8 Å². The standard InChI is InChI=1S/C22H22N4/c1-13-8-14(2)19(15(3)9-13)20-17-7-5-4-6-16(17)18(10-23)21(26)22(20,11-24)12-25/h6,8-9,17-18,20,26H,4-5,7H2,1-3H3/t17-,18+,20+/m1/s1. The molecule has 1 saturated carbocycles. The molecule has 26 heavy (non-hydrogen) atoms. The van der Waals surface area contributed by atoms with Crippen LogP contribution in [-0.4, -0.2) is 5.71 Å². The first-order valence-electron chi connectivity index (χ1n) is 9.00. The molecule has 4 heteroatoms. The highest BCUT2D eigenvalue weighted by Crippen LogP contribution is 2.56. The fourth-order valence-corrected chi connectivity index (χ4v) is 5.00. The third kappa shape index (κ3) is 2.36. The van der Waals surface area contributed by atoms with Crippen molar-refractivity contribution < 1.29 is 0 Å². The number of nitrogens with zero attached hydrogens (tertiary/aromatic N) is 3. The van der Waals surface area contributed by atoms with E-state index in [4.69, 9.17) is 5.41 Å². The first-order valence-corrected chi connectivity index (χ1v) is 9.00. The number of fused-ring (bicyclic) bond motifs is 1. The van der Waals surface area contributed by atoms with E-state index >= 15 is 0 Å². The first-order chi connectivity index (χ1) is 12.4. The van der Waals surface area contributed by atoms with Crippen LogP contribution in [0.1, 0.15) is 47.4 Å². The van der Waals surface area contributed by atoms with Gasteiger partial charge in [0.15, 0.2) is 5.41 Å². The van der Waals surface area contributed by atoms with Crippen LogP contribution >= 0.6 is 0 Å². The summed E-state index contributed by atoms with van der Waals surface area (Å²) in [6, 6.07) is 10.7. The van der Waals surface area contributed by atoms with E-state index in [0.29, 0.717) is 0 Å². The fraction of sp³-hybridized carbons (Fsp3) is 0.455. The van der Waals surface area contributed by atoms with E-state index in [-0.39, 0.29) is 11.6 Å². The molecule has 0 heterocycles. The summed E-state index contributed by atoms with van der Waals surface area (Å²) in [5, 5.41) is 38.4. The van der Waals surface area contributed by atoms with Gasteiger partial charge in [-0.3, -0.25) is 0 Å². The fourth-order valence-electron chi connectivity index (χ4n) is 5.00. The Morgan fingerprint density at radius 1 is 1.08 bits per heavy atom. The summed E-state index contributed by atoms with van der Waals surface area (Å²) in [4.78, 5) is 0. The minimum Gasteiger partial charge on any atom is -0.305 e. The Morgan fingerprint density at radius 3 is 2.23 bits per heavy atom. The lowest BCUT2D eigenvalue weighted by atomic mass is 9.52. The Bertz CT molecular complexity index is 895. The van der Waals surface area contributed by atoms with Crippen molar-refractivity contribution in [1.29, 1.82) is 21.2 Å². The van der Waals surface area contributed by atoms with Crippen LogP contribution in [0.15, 0.2) is 23.8 Å². The lowest BCUT2D eigenvalue weighted by Crippen LogP contribution is -2.49. The van der Waals surface area contributed by atoms with Gasteiger partial charge in [-0.2, -0.15) is 15.8 Å². The summed E-state index contributed by atoms with van der Waals surface area (Å²) in [5.74, 6) is -1.20. The molecular weight excluding hydrogens is 320 g/mol. The normalized spacial score (nSPS) is 26.7. The average molecular weight is 342 g/mol. The number of hydrogen-bond acceptors (Lipinski definition) is 4. The summed E-state index contributed by atoms with van der Waals surface area (Å²) >= 11 is 0. The van der Waals surface area contributed by atoms with Gasteiger partial charge in [0.2, 0.25) is 0 Å². The Morgan fingerprint density at radius 2 is 1.69 bits per heavy atom. The van der Waals surface area contributed by atoms with Crippen molar-refractivity contribution in [3.63, 3.8) is 0 Å². The Kier molecular flexibility index (Phi) is 4.43. The van der Waals surface area contributed by atoms with Crippen LogP contribution in [0.4, 0.5) is 0 Å². The van der Waals surface area contributed by atoms with Gasteiger partial charge in [-0.1, -0.05) is 23.8 Å². The van der Waals surface area contributed by atoms with Crippen molar-refractivity contribution in [2.24, 2.45) is 17.3 Å². The van der Waals surface area contributed by atoms with E-state index in [1.54, 1.807) is 0 Å². The van der Waals surface area contributed by atoms with Gasteiger partial charge in [-0.15, -0.1) is 0 Å². The van der Waals surface area contributed by atoms with Crippen LogP contribution in [0.2, 0.25) is 0 Å². The number of allylic oxidation sites excluding steroid dienone is 2. The molecule has 2 aliphatic carbocycles. The molecule has 1 N–H and O–H groups in total. The van der Waals surface area contributed by atoms with Gasteiger partial charge in [0.25, 0.3) is 0 Å². The maximum Gasteiger partial charge on any atom is 0.189 e. The first kappa shape index (κ1) is 17.9. The predicted molar refractivity (Wildman–Crippen MR) is 99.3 cm³/mol. The number of benzene rings is 1. The SMILES string of the molecule is Cc1cc(C)c([C@@H]2[C@@H]3CCCC=C3[C@H](C#N)C(=N)C2(C#N)C#N)c(C)c1. The molecule has 0 spiro atoms. The Labute approximate surface area is 154 Å². The number of aryl methyl sites for hydroxylation is 3. The highest BCUT2D eigenvalue weighted by Gasteiger charge is 2.57. The van der Waals surface area contributed by atoms with Crippen LogP contribution in [-0.2, 0) is 0 Å². The van der Waals surface area contributed by atoms with E-state index in [0.717, 1.165) is 47.1 Å². The summed E-state index contributed by atoms with van der Waals surface area (Å²) < 4.78 is 0. The van der Waals surface area contributed by atoms with Crippen LogP contribution in [0, 0.1) is 77.4 Å². The second kappa shape index (κ2) is 6.44. The Balaban J connectivity index is 2.34. The molecule has 0 bridgehead atoms. The maximum absolute atomic E-state index is 10.0. The van der Waals surface area contributed by atoms with E-state index < -0.39 is 17.3 Å². The summed E-state index contributed by atoms with van der Waals surface area (Å²) in [5.41, 5.74) is 3.53. The molecule has 1 aromatic rings. The Hall–Kier alpha value is -2.90. The van der Waals surface area contributed by atoms with Crippen LogP contribution < -0.4 is 0 Å². The highest BCUT2D eigenvalue weighted by molar-refractivity contribution is 6.00. The largest absolute Gasteiger partial charge is 0.305 e. The summed E-state index contributed by atoms with van der Waals surface area (Å²) in [7, 11) is 0. The monoisotopic (exact) mass is 342 g/mol. The van der Waals surface area contributed by atoms with Crippen molar-refractivity contribution in [2.75, 3.05) is 0 Å². The number of nitrogens with one attached hydrogen (secondary N) is 1. The minimum atomic E-state index is -1.59. The predicted octanol–water partition coefficient (Wildman–Crippen LogP) is 4.63. The van der Waals surface area contributed by atoms with Crippen molar-refractivity contribution >= 4 is 5.71 Å². The van der Waals surface area contributed by atoms with Gasteiger partial charge in [0.1, 0.15) is 5.92 Å². The lowest BCUT2D eigenvalue weighted by Gasteiger charge is -2.46. The lowest BCUT2D eigenvalue weighted by molar-refractivity contribution is 0.318. The molecule has 0 aromatic heterocycles. The molecule has 4 nitrogen and oxygen atoms in total. The van der Waals surface area contributed by atoms with Crippen molar-refractivity contribution in [1.82, 2.24) is 0 Å².